The van der Waals surface area contributed by atoms with Crippen molar-refractivity contribution in [1.82, 2.24) is 0 Å². The van der Waals surface area contributed by atoms with Gasteiger partial charge in [-0.05, 0) is 55.7 Å². The van der Waals surface area contributed by atoms with Crippen LogP contribution in [0.2, 0.25) is 10.0 Å². The minimum atomic E-state index is 0.101. The molecular weight excluding hydrogens is 305 g/mol. The first-order valence-corrected chi connectivity index (χ1v) is 8.68. The molecule has 1 aromatic carbocycles. The van der Waals surface area contributed by atoms with Crippen LogP contribution in [0.5, 0.6) is 0 Å². The highest BCUT2D eigenvalue weighted by Crippen LogP contribution is 2.43. The minimum Gasteiger partial charge on any atom is -0.375 e. The maximum Gasteiger partial charge on any atom is 0.0685 e. The van der Waals surface area contributed by atoms with E-state index in [0.717, 1.165) is 41.5 Å². The number of ether oxygens (including phenoxy) is 1. The Kier molecular flexibility index (Phi) is 4.80. The number of halogens is 2. The van der Waals surface area contributed by atoms with Crippen LogP contribution < -0.4 is 5.73 Å². The summed E-state index contributed by atoms with van der Waals surface area (Å²) in [5.74, 6) is 0.504. The van der Waals surface area contributed by atoms with Crippen molar-refractivity contribution in [2.24, 2.45) is 11.7 Å². The van der Waals surface area contributed by atoms with Crippen molar-refractivity contribution in [3.8, 4) is 0 Å². The van der Waals surface area contributed by atoms with Gasteiger partial charge in [0.25, 0.3) is 0 Å². The van der Waals surface area contributed by atoms with Crippen molar-refractivity contribution < 1.29 is 4.74 Å². The molecule has 1 aliphatic carbocycles. The zero-order valence-corrected chi connectivity index (χ0v) is 13.8. The lowest BCUT2D eigenvalue weighted by Crippen LogP contribution is -2.44. The molecule has 2 atom stereocenters. The second-order valence-electron chi connectivity index (χ2n) is 6.56. The van der Waals surface area contributed by atoms with Gasteiger partial charge in [-0.1, -0.05) is 42.1 Å². The van der Waals surface area contributed by atoms with Gasteiger partial charge in [-0.25, -0.2) is 0 Å². The molecule has 4 heteroatoms. The van der Waals surface area contributed by atoms with E-state index in [1.54, 1.807) is 0 Å². The van der Waals surface area contributed by atoms with Gasteiger partial charge in [0.05, 0.1) is 5.60 Å². The summed E-state index contributed by atoms with van der Waals surface area (Å²) >= 11 is 12.5. The molecule has 0 amide bonds. The summed E-state index contributed by atoms with van der Waals surface area (Å²) in [5.41, 5.74) is 7.60. The number of benzene rings is 1. The van der Waals surface area contributed by atoms with E-state index in [0.29, 0.717) is 5.92 Å². The van der Waals surface area contributed by atoms with E-state index in [9.17, 15) is 0 Å². The lowest BCUT2D eigenvalue weighted by atomic mass is 9.79. The summed E-state index contributed by atoms with van der Waals surface area (Å²) in [6.45, 7) is 0.842. The van der Waals surface area contributed by atoms with E-state index in [1.807, 2.05) is 18.2 Å². The van der Waals surface area contributed by atoms with Crippen molar-refractivity contribution in [1.29, 1.82) is 0 Å². The van der Waals surface area contributed by atoms with E-state index >= 15 is 0 Å². The molecule has 1 saturated heterocycles. The molecule has 1 heterocycles. The topological polar surface area (TPSA) is 35.2 Å². The molecule has 2 fully saturated rings. The largest absolute Gasteiger partial charge is 0.375 e. The predicted molar refractivity (Wildman–Crippen MR) is 88.0 cm³/mol. The average molecular weight is 328 g/mol. The molecule has 0 bridgehead atoms. The van der Waals surface area contributed by atoms with Crippen molar-refractivity contribution in [2.75, 3.05) is 6.61 Å². The molecule has 1 saturated carbocycles. The average Bonchev–Trinajstić information content (AvgIpc) is 2.91. The fraction of sp³-hybridized carbons (Fsp3) is 0.647. The monoisotopic (exact) mass is 327 g/mol. The van der Waals surface area contributed by atoms with Gasteiger partial charge in [-0.2, -0.15) is 0 Å². The summed E-state index contributed by atoms with van der Waals surface area (Å²) < 4.78 is 6.10. The third-order valence-corrected chi connectivity index (χ3v) is 5.86. The SMILES string of the molecule is NC(Cc1c(Cl)cccc1Cl)C1CCOC2(CCCC2)C1. The minimum absolute atomic E-state index is 0.101. The van der Waals surface area contributed by atoms with Gasteiger partial charge >= 0.3 is 0 Å². The summed E-state index contributed by atoms with van der Waals surface area (Å²) in [7, 11) is 0. The number of rotatable bonds is 3. The highest BCUT2D eigenvalue weighted by Gasteiger charge is 2.41. The summed E-state index contributed by atoms with van der Waals surface area (Å²) in [4.78, 5) is 0. The van der Waals surface area contributed by atoms with E-state index in [4.69, 9.17) is 33.7 Å². The van der Waals surface area contributed by atoms with Crippen LogP contribution in [0.25, 0.3) is 0 Å². The summed E-state index contributed by atoms with van der Waals surface area (Å²) in [5, 5.41) is 1.45. The Hall–Kier alpha value is -0.280. The number of nitrogens with two attached hydrogens (primary N) is 1. The Bertz CT molecular complexity index is 479. The van der Waals surface area contributed by atoms with Crippen LogP contribution in [-0.4, -0.2) is 18.2 Å². The molecule has 1 spiro atoms. The van der Waals surface area contributed by atoms with Crippen LogP contribution in [0.4, 0.5) is 0 Å². The van der Waals surface area contributed by atoms with Crippen LogP contribution in [0.1, 0.15) is 44.1 Å². The fourth-order valence-electron chi connectivity index (χ4n) is 3.93. The third kappa shape index (κ3) is 3.39. The molecule has 2 nitrogen and oxygen atoms in total. The quantitative estimate of drug-likeness (QED) is 0.880. The summed E-state index contributed by atoms with van der Waals surface area (Å²) in [6.07, 6.45) is 7.86. The van der Waals surface area contributed by atoms with E-state index in [1.165, 1.54) is 25.7 Å². The molecule has 0 aromatic heterocycles. The zero-order chi connectivity index (χ0) is 14.9. The second kappa shape index (κ2) is 6.45. The molecule has 0 radical (unpaired) electrons. The van der Waals surface area contributed by atoms with Crippen LogP contribution in [-0.2, 0) is 11.2 Å². The predicted octanol–water partition coefficient (Wildman–Crippen LogP) is 4.60. The fourth-order valence-corrected chi connectivity index (χ4v) is 4.48. The van der Waals surface area contributed by atoms with Crippen molar-refractivity contribution >= 4 is 23.2 Å². The van der Waals surface area contributed by atoms with Crippen LogP contribution in [0.3, 0.4) is 0 Å². The van der Waals surface area contributed by atoms with Crippen molar-refractivity contribution in [2.45, 2.75) is 56.6 Å². The van der Waals surface area contributed by atoms with Crippen LogP contribution in [0, 0.1) is 5.92 Å². The van der Waals surface area contributed by atoms with Crippen molar-refractivity contribution in [3.63, 3.8) is 0 Å². The lowest BCUT2D eigenvalue weighted by Gasteiger charge is -2.40. The Morgan fingerprint density at radius 2 is 1.90 bits per heavy atom. The molecule has 2 unspecified atom stereocenters. The first-order chi connectivity index (χ1) is 10.1. The Labute approximate surface area is 136 Å². The molecule has 1 aromatic rings. The lowest BCUT2D eigenvalue weighted by molar-refractivity contribution is -0.0960. The Morgan fingerprint density at radius 3 is 2.57 bits per heavy atom. The van der Waals surface area contributed by atoms with Crippen molar-refractivity contribution in [3.05, 3.63) is 33.8 Å². The van der Waals surface area contributed by atoms with Gasteiger partial charge in [0.2, 0.25) is 0 Å². The van der Waals surface area contributed by atoms with Crippen LogP contribution >= 0.6 is 23.2 Å². The summed E-state index contributed by atoms with van der Waals surface area (Å²) in [6, 6.07) is 5.75. The molecule has 2 aliphatic rings. The molecule has 1 aliphatic heterocycles. The normalized spacial score (nSPS) is 26.1. The molecule has 116 valence electrons. The van der Waals surface area contributed by atoms with Gasteiger partial charge < -0.3 is 10.5 Å². The van der Waals surface area contributed by atoms with E-state index in [2.05, 4.69) is 0 Å². The van der Waals surface area contributed by atoms with E-state index < -0.39 is 0 Å². The second-order valence-corrected chi connectivity index (χ2v) is 7.37. The first kappa shape index (κ1) is 15.6. The molecule has 3 rings (SSSR count). The number of hydrogen-bond acceptors (Lipinski definition) is 2. The zero-order valence-electron chi connectivity index (χ0n) is 12.3. The van der Waals surface area contributed by atoms with Gasteiger partial charge in [-0.15, -0.1) is 0 Å². The number of hydrogen-bond donors (Lipinski definition) is 1. The van der Waals surface area contributed by atoms with Gasteiger partial charge in [-0.3, -0.25) is 0 Å². The Balaban J connectivity index is 1.69. The van der Waals surface area contributed by atoms with Gasteiger partial charge in [0, 0.05) is 22.7 Å². The maximum atomic E-state index is 6.50. The Morgan fingerprint density at radius 1 is 1.24 bits per heavy atom. The highest BCUT2D eigenvalue weighted by molar-refractivity contribution is 6.36. The molecular formula is C17H23Cl2NO. The first-order valence-electron chi connectivity index (χ1n) is 7.92. The highest BCUT2D eigenvalue weighted by atomic mass is 35.5. The molecule has 2 N–H and O–H groups in total. The maximum absolute atomic E-state index is 6.50. The third-order valence-electron chi connectivity index (χ3n) is 5.15. The molecule has 21 heavy (non-hydrogen) atoms. The van der Waals surface area contributed by atoms with Crippen LogP contribution in [0.15, 0.2) is 18.2 Å². The van der Waals surface area contributed by atoms with Gasteiger partial charge in [0.1, 0.15) is 0 Å². The smallest absolute Gasteiger partial charge is 0.0685 e. The standard InChI is InChI=1S/C17H23Cl2NO/c18-14-4-3-5-15(19)13(14)10-16(20)12-6-9-21-17(11-12)7-1-2-8-17/h3-5,12,16H,1-2,6-11,20H2. The van der Waals surface area contributed by atoms with E-state index in [-0.39, 0.29) is 11.6 Å². The van der Waals surface area contributed by atoms with Gasteiger partial charge in [0.15, 0.2) is 0 Å².